The van der Waals surface area contributed by atoms with Crippen molar-refractivity contribution >= 4 is 5.78 Å². The van der Waals surface area contributed by atoms with E-state index in [-0.39, 0.29) is 12.0 Å². The predicted molar refractivity (Wildman–Crippen MR) is 81.4 cm³/mol. The Morgan fingerprint density at radius 3 is 2.71 bits per heavy atom. The molecule has 3 unspecified atom stereocenters. The quantitative estimate of drug-likeness (QED) is 0.451. The van der Waals surface area contributed by atoms with E-state index in [1.807, 2.05) is 30.3 Å². The van der Waals surface area contributed by atoms with Crippen LogP contribution >= 0.6 is 0 Å². The maximum absolute atomic E-state index is 12.6. The van der Waals surface area contributed by atoms with Gasteiger partial charge in [-0.1, -0.05) is 42.4 Å². The van der Waals surface area contributed by atoms with Crippen LogP contribution < -0.4 is 0 Å². The highest BCUT2D eigenvalue weighted by atomic mass is 16.1. The van der Waals surface area contributed by atoms with Gasteiger partial charge in [-0.25, -0.2) is 0 Å². The standard InChI is InChI=1S/C17H21N3O/c1-11-7-12-9-14(8-11)16(15(21)10-12)17(19-20-18)13-5-3-2-4-6-13/h2-6,11-12,14,16-17H,7-10H2,1H3/t11-,12?,14?,16+,17?/m1/s1. The second kappa shape index (κ2) is 5.90. The van der Waals surface area contributed by atoms with E-state index in [0.29, 0.717) is 30.0 Å². The molecule has 4 nitrogen and oxygen atoms in total. The highest BCUT2D eigenvalue weighted by Crippen LogP contribution is 2.48. The molecular formula is C17H21N3O. The first-order valence-electron chi connectivity index (χ1n) is 7.81. The lowest BCUT2D eigenvalue weighted by molar-refractivity contribution is -0.131. The SMILES string of the molecule is C[C@@H]1CC2CC(=O)[C@@H](C(N=[N+]=[N-])c3ccccc3)C(C2)C1. The second-order valence-electron chi connectivity index (χ2n) is 6.70. The van der Waals surface area contributed by atoms with Crippen molar-refractivity contribution in [2.45, 2.75) is 38.6 Å². The maximum atomic E-state index is 12.6. The summed E-state index contributed by atoms with van der Waals surface area (Å²) in [6.45, 7) is 2.27. The molecule has 0 saturated heterocycles. The molecule has 0 heterocycles. The smallest absolute Gasteiger partial charge is 0.137 e. The van der Waals surface area contributed by atoms with Gasteiger partial charge in [0.1, 0.15) is 5.78 Å². The average Bonchev–Trinajstić information content (AvgIpc) is 2.46. The van der Waals surface area contributed by atoms with Crippen LogP contribution in [0, 0.1) is 23.7 Å². The number of ketones is 1. The highest BCUT2D eigenvalue weighted by molar-refractivity contribution is 5.83. The van der Waals surface area contributed by atoms with E-state index in [0.717, 1.165) is 18.4 Å². The fourth-order valence-corrected chi connectivity index (χ4v) is 4.43. The topological polar surface area (TPSA) is 65.8 Å². The summed E-state index contributed by atoms with van der Waals surface area (Å²) in [6, 6.07) is 9.40. The molecule has 110 valence electrons. The molecule has 2 saturated carbocycles. The minimum absolute atomic E-state index is 0.137. The zero-order chi connectivity index (χ0) is 14.8. The molecule has 0 aliphatic heterocycles. The van der Waals surface area contributed by atoms with Gasteiger partial charge in [-0.05, 0) is 48.1 Å². The van der Waals surface area contributed by atoms with E-state index in [2.05, 4.69) is 16.9 Å². The number of Topliss-reactive ketones (excluding diaryl/α,β-unsaturated/α-hetero) is 1. The van der Waals surface area contributed by atoms with Crippen LogP contribution in [0.4, 0.5) is 0 Å². The van der Waals surface area contributed by atoms with Crippen molar-refractivity contribution in [3.8, 4) is 0 Å². The van der Waals surface area contributed by atoms with Gasteiger partial charge >= 0.3 is 0 Å². The third-order valence-corrected chi connectivity index (χ3v) is 5.10. The molecule has 0 radical (unpaired) electrons. The minimum Gasteiger partial charge on any atom is -0.299 e. The summed E-state index contributed by atoms with van der Waals surface area (Å²) in [6.07, 6.45) is 4.03. The fourth-order valence-electron chi connectivity index (χ4n) is 4.43. The van der Waals surface area contributed by atoms with Gasteiger partial charge < -0.3 is 0 Å². The molecule has 2 bridgehead atoms. The monoisotopic (exact) mass is 283 g/mol. The van der Waals surface area contributed by atoms with Crippen molar-refractivity contribution in [3.63, 3.8) is 0 Å². The maximum Gasteiger partial charge on any atom is 0.137 e. The minimum atomic E-state index is -0.347. The normalized spacial score (nSPS) is 33.1. The lowest BCUT2D eigenvalue weighted by Crippen LogP contribution is -2.40. The first kappa shape index (κ1) is 14.2. The second-order valence-corrected chi connectivity index (χ2v) is 6.70. The average molecular weight is 283 g/mol. The van der Waals surface area contributed by atoms with Gasteiger partial charge in [0.25, 0.3) is 0 Å². The number of azide groups is 1. The third kappa shape index (κ3) is 2.81. The zero-order valence-electron chi connectivity index (χ0n) is 12.4. The number of carbonyl (C=O) groups is 1. The summed E-state index contributed by atoms with van der Waals surface area (Å²) >= 11 is 0. The molecule has 21 heavy (non-hydrogen) atoms. The van der Waals surface area contributed by atoms with Crippen LogP contribution in [0.1, 0.15) is 44.2 Å². The molecule has 5 atom stereocenters. The number of hydrogen-bond acceptors (Lipinski definition) is 2. The van der Waals surface area contributed by atoms with Crippen LogP contribution in [0.15, 0.2) is 35.4 Å². The summed E-state index contributed by atoms with van der Waals surface area (Å²) in [5.74, 6) is 1.75. The molecule has 0 amide bonds. The van der Waals surface area contributed by atoms with E-state index < -0.39 is 0 Å². The predicted octanol–water partition coefficient (Wildman–Crippen LogP) is 4.68. The molecule has 2 aliphatic rings. The Hall–Kier alpha value is -1.80. The van der Waals surface area contributed by atoms with E-state index in [1.54, 1.807) is 0 Å². The molecule has 3 rings (SSSR count). The highest BCUT2D eigenvalue weighted by Gasteiger charge is 2.44. The Balaban J connectivity index is 1.94. The summed E-state index contributed by atoms with van der Waals surface area (Å²) in [5, 5.41) is 4.00. The van der Waals surface area contributed by atoms with Crippen LogP contribution in [0.3, 0.4) is 0 Å². The van der Waals surface area contributed by atoms with Crippen LogP contribution in [0.5, 0.6) is 0 Å². The van der Waals surface area contributed by atoms with Crippen molar-refractivity contribution in [2.24, 2.45) is 28.8 Å². The zero-order valence-corrected chi connectivity index (χ0v) is 12.4. The van der Waals surface area contributed by atoms with Crippen molar-refractivity contribution < 1.29 is 4.79 Å². The Labute approximate surface area is 125 Å². The molecule has 2 fully saturated rings. The van der Waals surface area contributed by atoms with E-state index in [9.17, 15) is 4.79 Å². The number of carbonyl (C=O) groups excluding carboxylic acids is 1. The Bertz CT molecular complexity index is 563. The lowest BCUT2D eigenvalue weighted by atomic mass is 9.61. The third-order valence-electron chi connectivity index (χ3n) is 5.10. The van der Waals surface area contributed by atoms with Crippen LogP contribution in [-0.2, 0) is 4.79 Å². The van der Waals surface area contributed by atoms with Crippen molar-refractivity contribution in [1.29, 1.82) is 0 Å². The van der Waals surface area contributed by atoms with E-state index >= 15 is 0 Å². The lowest BCUT2D eigenvalue weighted by Gasteiger charge is -2.43. The van der Waals surface area contributed by atoms with Crippen LogP contribution in [0.2, 0.25) is 0 Å². The van der Waals surface area contributed by atoms with Gasteiger partial charge in [0, 0.05) is 17.3 Å². The Morgan fingerprint density at radius 1 is 1.24 bits per heavy atom. The summed E-state index contributed by atoms with van der Waals surface area (Å²) in [4.78, 5) is 15.6. The summed E-state index contributed by atoms with van der Waals surface area (Å²) in [7, 11) is 0. The number of rotatable bonds is 3. The fraction of sp³-hybridized carbons (Fsp3) is 0.588. The Morgan fingerprint density at radius 2 is 2.00 bits per heavy atom. The Kier molecular flexibility index (Phi) is 3.98. The van der Waals surface area contributed by atoms with Gasteiger partial charge in [0.05, 0.1) is 6.04 Å². The molecule has 0 spiro atoms. The van der Waals surface area contributed by atoms with Gasteiger partial charge in [-0.15, -0.1) is 0 Å². The molecule has 0 aromatic heterocycles. The van der Waals surface area contributed by atoms with Gasteiger partial charge in [-0.2, -0.15) is 0 Å². The van der Waals surface area contributed by atoms with Crippen molar-refractivity contribution in [3.05, 3.63) is 46.3 Å². The molecule has 2 aliphatic carbocycles. The van der Waals surface area contributed by atoms with Gasteiger partial charge in [0.15, 0.2) is 0 Å². The number of fused-ring (bicyclic) bond motifs is 2. The molecule has 4 heteroatoms. The first-order valence-corrected chi connectivity index (χ1v) is 7.81. The summed E-state index contributed by atoms with van der Waals surface area (Å²) in [5.41, 5.74) is 9.90. The molecular weight excluding hydrogens is 262 g/mol. The van der Waals surface area contributed by atoms with E-state index in [4.69, 9.17) is 5.53 Å². The van der Waals surface area contributed by atoms with Gasteiger partial charge in [-0.3, -0.25) is 4.79 Å². The van der Waals surface area contributed by atoms with E-state index in [1.165, 1.54) is 6.42 Å². The van der Waals surface area contributed by atoms with Crippen molar-refractivity contribution in [1.82, 2.24) is 0 Å². The molecule has 0 N–H and O–H groups in total. The number of hydrogen-bond donors (Lipinski definition) is 0. The molecule has 1 aromatic carbocycles. The first-order chi connectivity index (χ1) is 10.2. The molecule has 1 aromatic rings. The summed E-state index contributed by atoms with van der Waals surface area (Å²) < 4.78 is 0. The van der Waals surface area contributed by atoms with Crippen molar-refractivity contribution in [2.75, 3.05) is 0 Å². The van der Waals surface area contributed by atoms with Crippen LogP contribution in [0.25, 0.3) is 10.4 Å². The largest absolute Gasteiger partial charge is 0.299 e. The number of benzene rings is 1. The van der Waals surface area contributed by atoms with Crippen LogP contribution in [-0.4, -0.2) is 5.78 Å². The van der Waals surface area contributed by atoms with Gasteiger partial charge in [0.2, 0.25) is 0 Å². The number of nitrogens with zero attached hydrogens (tertiary/aromatic N) is 3.